The maximum absolute atomic E-state index is 12.0. The number of hydrogen-bond acceptors (Lipinski definition) is 2. The predicted molar refractivity (Wildman–Crippen MR) is 91.5 cm³/mol. The number of carbonyl (C=O) groups is 1. The van der Waals surface area contributed by atoms with E-state index in [-0.39, 0.29) is 5.91 Å². The summed E-state index contributed by atoms with van der Waals surface area (Å²) in [4.78, 5) is 12.0. The van der Waals surface area contributed by atoms with Gasteiger partial charge in [-0.3, -0.25) is 4.79 Å². The summed E-state index contributed by atoms with van der Waals surface area (Å²) in [5, 5.41) is 3.48. The molecule has 2 aromatic rings. The van der Waals surface area contributed by atoms with Crippen molar-refractivity contribution in [3.63, 3.8) is 0 Å². The minimum absolute atomic E-state index is 0.197. The molecule has 2 aromatic carbocycles. The third kappa shape index (κ3) is 4.37. The van der Waals surface area contributed by atoms with Crippen LogP contribution in [0.15, 0.2) is 48.5 Å². The molecule has 3 nitrogen and oxygen atoms in total. The van der Waals surface area contributed by atoms with Gasteiger partial charge in [0.25, 0.3) is 0 Å². The first-order valence-electron chi connectivity index (χ1n) is 7.07. The lowest BCUT2D eigenvalue weighted by Gasteiger charge is -2.07. The second-order valence-electron chi connectivity index (χ2n) is 4.75. The van der Waals surface area contributed by atoms with Crippen LogP contribution in [0.4, 0.5) is 5.69 Å². The first kappa shape index (κ1) is 16.1. The van der Waals surface area contributed by atoms with Gasteiger partial charge in [0.05, 0.1) is 6.61 Å². The van der Waals surface area contributed by atoms with Gasteiger partial charge < -0.3 is 10.1 Å². The third-order valence-electron chi connectivity index (χ3n) is 3.08. The Kier molecular flexibility index (Phi) is 5.61. The van der Waals surface area contributed by atoms with Crippen molar-refractivity contribution in [3.8, 4) is 5.75 Å². The fourth-order valence-corrected chi connectivity index (χ4v) is 2.24. The van der Waals surface area contributed by atoms with E-state index in [0.29, 0.717) is 11.6 Å². The number of benzene rings is 2. The molecule has 0 aliphatic carbocycles. The average Bonchev–Trinajstić information content (AvgIpc) is 2.49. The van der Waals surface area contributed by atoms with Crippen LogP contribution in [0.2, 0.25) is 5.02 Å². The largest absolute Gasteiger partial charge is 0.493 e. The number of para-hydroxylation sites is 1. The highest BCUT2D eigenvalue weighted by atomic mass is 35.5. The van der Waals surface area contributed by atoms with Crippen LogP contribution in [-0.2, 0) is 4.79 Å². The Hall–Kier alpha value is -2.26. The van der Waals surface area contributed by atoms with Crippen molar-refractivity contribution in [1.29, 1.82) is 0 Å². The van der Waals surface area contributed by atoms with Crippen LogP contribution < -0.4 is 10.1 Å². The summed E-state index contributed by atoms with van der Waals surface area (Å²) in [6.45, 7) is 4.41. The van der Waals surface area contributed by atoms with Crippen LogP contribution in [0.5, 0.6) is 5.75 Å². The Morgan fingerprint density at radius 3 is 2.77 bits per heavy atom. The zero-order chi connectivity index (χ0) is 15.9. The molecule has 0 bridgehead atoms. The quantitative estimate of drug-likeness (QED) is 0.812. The Bertz CT molecular complexity index is 695. The molecule has 0 heterocycles. The van der Waals surface area contributed by atoms with Crippen molar-refractivity contribution in [1.82, 2.24) is 0 Å². The molecule has 0 radical (unpaired) electrons. The number of anilines is 1. The van der Waals surface area contributed by atoms with Crippen LogP contribution in [-0.4, -0.2) is 12.5 Å². The first-order valence-corrected chi connectivity index (χ1v) is 7.45. The molecule has 114 valence electrons. The molecule has 4 heteroatoms. The number of ether oxygens (including phenoxy) is 1. The van der Waals surface area contributed by atoms with Gasteiger partial charge in [-0.25, -0.2) is 0 Å². The number of nitrogens with one attached hydrogen (secondary N) is 1. The Morgan fingerprint density at radius 2 is 2.05 bits per heavy atom. The van der Waals surface area contributed by atoms with E-state index in [0.717, 1.165) is 22.6 Å². The minimum Gasteiger partial charge on any atom is -0.493 e. The van der Waals surface area contributed by atoms with Gasteiger partial charge in [0, 0.05) is 22.3 Å². The molecule has 1 amide bonds. The lowest BCUT2D eigenvalue weighted by Crippen LogP contribution is -2.08. The van der Waals surface area contributed by atoms with Gasteiger partial charge in [-0.2, -0.15) is 0 Å². The fourth-order valence-electron chi connectivity index (χ4n) is 2.01. The van der Waals surface area contributed by atoms with E-state index in [4.69, 9.17) is 16.3 Å². The van der Waals surface area contributed by atoms with E-state index >= 15 is 0 Å². The van der Waals surface area contributed by atoms with E-state index in [1.807, 2.05) is 44.2 Å². The minimum atomic E-state index is -0.197. The Morgan fingerprint density at radius 1 is 1.27 bits per heavy atom. The van der Waals surface area contributed by atoms with Crippen molar-refractivity contribution in [2.75, 3.05) is 11.9 Å². The number of aryl methyl sites for hydroxylation is 1. The summed E-state index contributed by atoms with van der Waals surface area (Å²) in [5.74, 6) is 0.563. The number of amides is 1. The van der Waals surface area contributed by atoms with Gasteiger partial charge in [0.2, 0.25) is 5.91 Å². The molecule has 2 rings (SSSR count). The molecular formula is C18H18ClNO2. The third-order valence-corrected chi connectivity index (χ3v) is 3.31. The van der Waals surface area contributed by atoms with Gasteiger partial charge in [-0.15, -0.1) is 0 Å². The van der Waals surface area contributed by atoms with Crippen LogP contribution >= 0.6 is 11.6 Å². The maximum atomic E-state index is 12.0. The van der Waals surface area contributed by atoms with E-state index in [1.165, 1.54) is 6.08 Å². The summed E-state index contributed by atoms with van der Waals surface area (Å²) in [6.07, 6.45) is 3.23. The standard InChI is InChI=1S/C18H18ClNO2/c1-3-22-17-7-5-4-6-14(17)8-11-18(21)20-16-10-9-15(19)12-13(16)2/h4-12H,3H2,1-2H3,(H,20,21). The highest BCUT2D eigenvalue weighted by molar-refractivity contribution is 6.30. The zero-order valence-electron chi connectivity index (χ0n) is 12.6. The summed E-state index contributed by atoms with van der Waals surface area (Å²) < 4.78 is 5.52. The molecule has 0 spiro atoms. The summed E-state index contributed by atoms with van der Waals surface area (Å²) in [7, 11) is 0. The number of carbonyl (C=O) groups excluding carboxylic acids is 1. The topological polar surface area (TPSA) is 38.3 Å². The zero-order valence-corrected chi connectivity index (χ0v) is 13.4. The SMILES string of the molecule is CCOc1ccccc1C=CC(=O)Nc1ccc(Cl)cc1C. The van der Waals surface area contributed by atoms with E-state index < -0.39 is 0 Å². The van der Waals surface area contributed by atoms with Gasteiger partial charge in [0.15, 0.2) is 0 Å². The number of rotatable bonds is 5. The molecule has 0 saturated heterocycles. The van der Waals surface area contributed by atoms with E-state index in [2.05, 4.69) is 5.32 Å². The van der Waals surface area contributed by atoms with Gasteiger partial charge >= 0.3 is 0 Å². The molecule has 0 aromatic heterocycles. The number of hydrogen-bond donors (Lipinski definition) is 1. The maximum Gasteiger partial charge on any atom is 0.248 e. The Labute approximate surface area is 135 Å². The summed E-state index contributed by atoms with van der Waals surface area (Å²) >= 11 is 5.90. The van der Waals surface area contributed by atoms with Crippen LogP contribution in [0.3, 0.4) is 0 Å². The molecule has 0 aliphatic heterocycles. The molecule has 0 atom stereocenters. The van der Waals surface area contributed by atoms with Crippen molar-refractivity contribution < 1.29 is 9.53 Å². The normalized spacial score (nSPS) is 10.7. The second kappa shape index (κ2) is 7.66. The molecule has 0 unspecified atom stereocenters. The molecular weight excluding hydrogens is 298 g/mol. The van der Waals surface area contributed by atoms with Crippen molar-refractivity contribution in [3.05, 3.63) is 64.7 Å². The van der Waals surface area contributed by atoms with Gasteiger partial charge in [-0.05, 0) is 49.8 Å². The summed E-state index contributed by atoms with van der Waals surface area (Å²) in [6, 6.07) is 12.9. The molecule has 0 aliphatic rings. The average molecular weight is 316 g/mol. The predicted octanol–water partition coefficient (Wildman–Crippen LogP) is 4.70. The first-order chi connectivity index (χ1) is 10.6. The smallest absolute Gasteiger partial charge is 0.248 e. The molecule has 0 fully saturated rings. The highest BCUT2D eigenvalue weighted by Crippen LogP contribution is 2.21. The van der Waals surface area contributed by atoms with Gasteiger partial charge in [0.1, 0.15) is 5.75 Å². The fraction of sp³-hybridized carbons (Fsp3) is 0.167. The van der Waals surface area contributed by atoms with Gasteiger partial charge in [-0.1, -0.05) is 29.8 Å². The van der Waals surface area contributed by atoms with Crippen molar-refractivity contribution in [2.45, 2.75) is 13.8 Å². The monoisotopic (exact) mass is 315 g/mol. The highest BCUT2D eigenvalue weighted by Gasteiger charge is 2.03. The lowest BCUT2D eigenvalue weighted by molar-refractivity contribution is -0.111. The van der Waals surface area contributed by atoms with Crippen LogP contribution in [0.1, 0.15) is 18.1 Å². The molecule has 22 heavy (non-hydrogen) atoms. The summed E-state index contributed by atoms with van der Waals surface area (Å²) in [5.41, 5.74) is 2.54. The van der Waals surface area contributed by atoms with Crippen LogP contribution in [0.25, 0.3) is 6.08 Å². The lowest BCUT2D eigenvalue weighted by atomic mass is 10.1. The van der Waals surface area contributed by atoms with E-state index in [1.54, 1.807) is 18.2 Å². The van der Waals surface area contributed by atoms with Crippen molar-refractivity contribution in [2.24, 2.45) is 0 Å². The Balaban J connectivity index is 2.08. The van der Waals surface area contributed by atoms with Crippen LogP contribution in [0, 0.1) is 6.92 Å². The second-order valence-corrected chi connectivity index (χ2v) is 5.19. The molecule has 1 N–H and O–H groups in total. The molecule has 0 saturated carbocycles. The number of halogens is 1. The van der Waals surface area contributed by atoms with E-state index in [9.17, 15) is 4.79 Å². The van der Waals surface area contributed by atoms with Crippen molar-refractivity contribution >= 4 is 29.3 Å².